The summed E-state index contributed by atoms with van der Waals surface area (Å²) in [6, 6.07) is 0. The van der Waals surface area contributed by atoms with E-state index in [9.17, 15) is 0 Å². The summed E-state index contributed by atoms with van der Waals surface area (Å²) >= 11 is -0.333. The van der Waals surface area contributed by atoms with E-state index < -0.39 is 0 Å². The third kappa shape index (κ3) is 43.9. The predicted molar refractivity (Wildman–Crippen MR) is 23.3 cm³/mol. The quantitative estimate of drug-likeness (QED) is 0.410. The zero-order valence-corrected chi connectivity index (χ0v) is 7.56. The molecule has 0 spiro atoms. The molecule has 0 heterocycles. The molecule has 0 aromatic heterocycles. The summed E-state index contributed by atoms with van der Waals surface area (Å²) in [6.07, 6.45) is 0. The maximum atomic E-state index is 2.33. The molecule has 0 radical (unpaired) electrons. The van der Waals surface area contributed by atoms with Crippen LogP contribution in [-0.4, -0.2) is 14.3 Å². The van der Waals surface area contributed by atoms with E-state index in [-0.39, 0.29) is 31.3 Å². The topological polar surface area (TPSA) is 0 Å². The zero-order valence-electron chi connectivity index (χ0n) is 3.88. The Morgan fingerprint density at radius 2 is 1.00 bits per heavy atom. The molecule has 0 unspecified atom stereocenters. The second-order valence-electron chi connectivity index (χ2n) is 1.50. The number of hydrogen-bond acceptors (Lipinski definition) is 0. The molecular formula is C3H9BrGe. The van der Waals surface area contributed by atoms with Crippen molar-refractivity contribution >= 4 is 14.3 Å². The van der Waals surface area contributed by atoms with E-state index in [2.05, 4.69) is 17.3 Å². The molecule has 0 aliphatic carbocycles. The molecule has 32 valence electrons. The molecule has 0 aromatic rings. The molecule has 0 bridgehead atoms. The van der Waals surface area contributed by atoms with Gasteiger partial charge in [-0.05, 0) is 0 Å². The van der Waals surface area contributed by atoms with Gasteiger partial charge < -0.3 is 17.0 Å². The average molecular weight is 198 g/mol. The van der Waals surface area contributed by atoms with Crippen molar-refractivity contribution in [3.63, 3.8) is 0 Å². The fourth-order valence-electron chi connectivity index (χ4n) is 0. The Morgan fingerprint density at radius 3 is 1.00 bits per heavy atom. The normalized spacial score (nSPS) is 5.40. The first-order chi connectivity index (χ1) is 1.73. The standard InChI is InChI=1S/C3H9Ge.BrH/c1-4(2)3;/h1-3H3;1H/q+1;/p-1. The number of halogens is 1. The van der Waals surface area contributed by atoms with E-state index in [0.717, 1.165) is 0 Å². The van der Waals surface area contributed by atoms with Gasteiger partial charge in [0.25, 0.3) is 0 Å². The third-order valence-electron chi connectivity index (χ3n) is 0. The molecule has 0 aromatic carbocycles. The molecule has 0 nitrogen and oxygen atoms in total. The van der Waals surface area contributed by atoms with Gasteiger partial charge >= 0.3 is 31.6 Å². The third-order valence-corrected chi connectivity index (χ3v) is 0. The fraction of sp³-hybridized carbons (Fsp3) is 1.00. The van der Waals surface area contributed by atoms with E-state index in [1.807, 2.05) is 0 Å². The van der Waals surface area contributed by atoms with Crippen molar-refractivity contribution in [2.75, 3.05) is 0 Å². The van der Waals surface area contributed by atoms with E-state index in [1.165, 1.54) is 0 Å². The second kappa shape index (κ2) is 5.02. The molecule has 0 fully saturated rings. The van der Waals surface area contributed by atoms with Crippen LogP contribution in [0.3, 0.4) is 0 Å². The molecule has 0 aliphatic heterocycles. The van der Waals surface area contributed by atoms with Crippen molar-refractivity contribution < 1.29 is 17.0 Å². The Labute approximate surface area is 48.8 Å². The average Bonchev–Trinajstić information content (AvgIpc) is 0.811. The molecule has 0 saturated carbocycles. The Hall–Kier alpha value is 1.02. The monoisotopic (exact) mass is 198 g/mol. The second-order valence-corrected chi connectivity index (χ2v) is 7.79. The van der Waals surface area contributed by atoms with E-state index in [1.54, 1.807) is 0 Å². The summed E-state index contributed by atoms with van der Waals surface area (Å²) in [6.45, 7) is 0. The maximum absolute atomic E-state index is 2.33. The van der Waals surface area contributed by atoms with Gasteiger partial charge in [-0.3, -0.25) is 0 Å². The molecule has 0 saturated heterocycles. The zero-order chi connectivity index (χ0) is 3.58. The first kappa shape index (κ1) is 9.39. The first-order valence-electron chi connectivity index (χ1n) is 1.50. The van der Waals surface area contributed by atoms with Crippen molar-refractivity contribution in [3.05, 3.63) is 0 Å². The van der Waals surface area contributed by atoms with Gasteiger partial charge in [0.15, 0.2) is 0 Å². The van der Waals surface area contributed by atoms with Gasteiger partial charge in [0.05, 0.1) is 0 Å². The minimum absolute atomic E-state index is 0. The number of rotatable bonds is 0. The summed E-state index contributed by atoms with van der Waals surface area (Å²) < 4.78 is 0. The van der Waals surface area contributed by atoms with Gasteiger partial charge in [0.1, 0.15) is 0 Å². The Bertz CT molecular complexity index is 11.6. The summed E-state index contributed by atoms with van der Waals surface area (Å²) in [5, 5.41) is 0. The predicted octanol–water partition coefficient (Wildman–Crippen LogP) is -1.63. The Kier molecular flexibility index (Phi) is 9.43. The van der Waals surface area contributed by atoms with Gasteiger partial charge in [-0.15, -0.1) is 0 Å². The van der Waals surface area contributed by atoms with Crippen LogP contribution in [-0.2, 0) is 0 Å². The molecule has 0 aliphatic rings. The Balaban J connectivity index is 0. The molecule has 0 amide bonds. The van der Waals surface area contributed by atoms with Gasteiger partial charge in [0, 0.05) is 0 Å². The molecule has 0 atom stereocenters. The van der Waals surface area contributed by atoms with Crippen LogP contribution < -0.4 is 17.0 Å². The van der Waals surface area contributed by atoms with Crippen LogP contribution >= 0.6 is 0 Å². The minimum atomic E-state index is -0.333. The van der Waals surface area contributed by atoms with Gasteiger partial charge in [0.2, 0.25) is 0 Å². The van der Waals surface area contributed by atoms with E-state index >= 15 is 0 Å². The SMILES string of the molecule is [Br-].[CH3][Ge+]([CH3])[CH3]. The van der Waals surface area contributed by atoms with E-state index in [4.69, 9.17) is 0 Å². The van der Waals surface area contributed by atoms with Crippen LogP contribution in [0, 0.1) is 0 Å². The summed E-state index contributed by atoms with van der Waals surface area (Å²) in [7, 11) is 0. The fourth-order valence-corrected chi connectivity index (χ4v) is 0. The van der Waals surface area contributed by atoms with Gasteiger partial charge in [-0.25, -0.2) is 0 Å². The summed E-state index contributed by atoms with van der Waals surface area (Å²) in [5.41, 5.74) is 0. The van der Waals surface area contributed by atoms with Crippen molar-refractivity contribution in [2.24, 2.45) is 0 Å². The molecule has 2 heteroatoms. The molecule has 5 heavy (non-hydrogen) atoms. The van der Waals surface area contributed by atoms with Crippen LogP contribution in [0.2, 0.25) is 17.3 Å². The van der Waals surface area contributed by atoms with E-state index in [0.29, 0.717) is 0 Å². The number of hydrogen-bond donors (Lipinski definition) is 0. The summed E-state index contributed by atoms with van der Waals surface area (Å²) in [5.74, 6) is 7.00. The van der Waals surface area contributed by atoms with Crippen molar-refractivity contribution in [1.82, 2.24) is 0 Å². The molecular weight excluding hydrogens is 189 g/mol. The Morgan fingerprint density at radius 1 is 1.00 bits per heavy atom. The van der Waals surface area contributed by atoms with Crippen molar-refractivity contribution in [1.29, 1.82) is 0 Å². The molecule has 0 rings (SSSR count). The van der Waals surface area contributed by atoms with Crippen molar-refractivity contribution in [3.8, 4) is 0 Å². The van der Waals surface area contributed by atoms with Crippen LogP contribution in [0.4, 0.5) is 0 Å². The van der Waals surface area contributed by atoms with Crippen LogP contribution in [0.15, 0.2) is 0 Å². The molecule has 0 N–H and O–H groups in total. The van der Waals surface area contributed by atoms with Crippen LogP contribution in [0.25, 0.3) is 0 Å². The van der Waals surface area contributed by atoms with Crippen LogP contribution in [0.1, 0.15) is 0 Å². The summed E-state index contributed by atoms with van der Waals surface area (Å²) in [4.78, 5) is 0. The van der Waals surface area contributed by atoms with Gasteiger partial charge in [-0.2, -0.15) is 0 Å². The van der Waals surface area contributed by atoms with Gasteiger partial charge in [-0.1, -0.05) is 0 Å². The van der Waals surface area contributed by atoms with Crippen molar-refractivity contribution in [2.45, 2.75) is 17.3 Å². The first-order valence-corrected chi connectivity index (χ1v) is 7.79. The van der Waals surface area contributed by atoms with Crippen LogP contribution in [0.5, 0.6) is 0 Å².